The lowest BCUT2D eigenvalue weighted by Gasteiger charge is -2.19. The van der Waals surface area contributed by atoms with Crippen LogP contribution in [-0.2, 0) is 0 Å². The number of nitrogens with zero attached hydrogens (tertiary/aromatic N) is 3. The van der Waals surface area contributed by atoms with Crippen LogP contribution in [0.4, 0.5) is 0 Å². The first-order valence-electron chi connectivity index (χ1n) is 8.38. The van der Waals surface area contributed by atoms with Gasteiger partial charge in [-0.15, -0.1) is 0 Å². The van der Waals surface area contributed by atoms with Crippen molar-refractivity contribution < 1.29 is 4.79 Å². The molecule has 0 unspecified atom stereocenters. The highest BCUT2D eigenvalue weighted by Gasteiger charge is 2.25. The number of aliphatic imine (C=N–C) groups is 1. The fourth-order valence-electron chi connectivity index (χ4n) is 2.62. The van der Waals surface area contributed by atoms with Crippen LogP contribution in [-0.4, -0.2) is 47.8 Å². The van der Waals surface area contributed by atoms with Crippen molar-refractivity contribution in [3.05, 3.63) is 35.9 Å². The average Bonchev–Trinajstić information content (AvgIpc) is 2.93. The van der Waals surface area contributed by atoms with Crippen LogP contribution in [0.15, 0.2) is 35.3 Å². The highest BCUT2D eigenvalue weighted by atomic mass is 16.1. The maximum absolute atomic E-state index is 12.3. The number of hydrogen-bond donors (Lipinski definition) is 0. The van der Waals surface area contributed by atoms with Gasteiger partial charge in [-0.2, -0.15) is 4.99 Å². The van der Waals surface area contributed by atoms with Gasteiger partial charge in [0.2, 0.25) is 0 Å². The van der Waals surface area contributed by atoms with Crippen LogP contribution in [0.25, 0.3) is 0 Å². The molecule has 120 valence electrons. The molecule has 0 atom stereocenters. The molecule has 1 aliphatic rings. The molecule has 0 aliphatic carbocycles. The highest BCUT2D eigenvalue weighted by molar-refractivity contribution is 6.04. The van der Waals surface area contributed by atoms with Crippen LogP contribution in [0.5, 0.6) is 0 Å². The maximum Gasteiger partial charge on any atom is 0.278 e. The molecule has 1 aliphatic heterocycles. The van der Waals surface area contributed by atoms with E-state index in [0.717, 1.165) is 45.0 Å². The van der Waals surface area contributed by atoms with Gasteiger partial charge in [0.15, 0.2) is 0 Å². The zero-order chi connectivity index (χ0) is 15.8. The van der Waals surface area contributed by atoms with Crippen molar-refractivity contribution in [3.63, 3.8) is 0 Å². The smallest absolute Gasteiger partial charge is 0.278 e. The number of amides is 1. The largest absolute Gasteiger partial charge is 0.346 e. The van der Waals surface area contributed by atoms with E-state index in [1.54, 1.807) is 0 Å². The van der Waals surface area contributed by atoms with Gasteiger partial charge in [0.05, 0.1) is 13.2 Å². The van der Waals surface area contributed by atoms with Crippen molar-refractivity contribution in [2.24, 2.45) is 4.99 Å². The second-order valence-electron chi connectivity index (χ2n) is 5.86. The molecule has 1 amide bonds. The minimum absolute atomic E-state index is 0.130. The molecule has 0 saturated carbocycles. The number of carbonyl (C=O) groups is 1. The molecule has 0 radical (unpaired) electrons. The van der Waals surface area contributed by atoms with Gasteiger partial charge in [-0.05, 0) is 25.0 Å². The lowest BCUT2D eigenvalue weighted by Crippen LogP contribution is -2.29. The number of benzene rings is 1. The van der Waals surface area contributed by atoms with E-state index in [0.29, 0.717) is 5.56 Å². The van der Waals surface area contributed by atoms with Crippen LogP contribution in [0, 0.1) is 0 Å². The van der Waals surface area contributed by atoms with Crippen molar-refractivity contribution in [2.75, 3.05) is 26.3 Å². The molecule has 2 rings (SSSR count). The van der Waals surface area contributed by atoms with E-state index in [2.05, 4.69) is 28.6 Å². The molecule has 0 N–H and O–H groups in total. The van der Waals surface area contributed by atoms with Gasteiger partial charge in [0.25, 0.3) is 5.91 Å². The third-order valence-corrected chi connectivity index (χ3v) is 3.96. The molecule has 1 heterocycles. The van der Waals surface area contributed by atoms with Crippen LogP contribution < -0.4 is 0 Å². The fraction of sp³-hybridized carbons (Fsp3) is 0.556. The van der Waals surface area contributed by atoms with E-state index in [4.69, 9.17) is 0 Å². The lowest BCUT2D eigenvalue weighted by atomic mass is 10.2. The van der Waals surface area contributed by atoms with Crippen LogP contribution in [0.2, 0.25) is 0 Å². The maximum atomic E-state index is 12.3. The predicted molar refractivity (Wildman–Crippen MR) is 91.2 cm³/mol. The summed E-state index contributed by atoms with van der Waals surface area (Å²) in [6, 6.07) is 9.33. The molecule has 1 aromatic carbocycles. The Morgan fingerprint density at radius 1 is 1.09 bits per heavy atom. The van der Waals surface area contributed by atoms with E-state index in [9.17, 15) is 4.79 Å². The Morgan fingerprint density at radius 3 is 2.45 bits per heavy atom. The monoisotopic (exact) mass is 301 g/mol. The molecule has 0 spiro atoms. The molecule has 0 bridgehead atoms. The quantitative estimate of drug-likeness (QED) is 0.774. The van der Waals surface area contributed by atoms with Crippen molar-refractivity contribution in [1.82, 2.24) is 9.80 Å². The van der Waals surface area contributed by atoms with Gasteiger partial charge >= 0.3 is 0 Å². The summed E-state index contributed by atoms with van der Waals surface area (Å²) in [5, 5.41) is 0. The van der Waals surface area contributed by atoms with Crippen molar-refractivity contribution >= 4 is 11.7 Å². The Hall–Kier alpha value is -1.68. The standard InChI is InChI=1S/C18H27N3O/c1-3-5-12-20-14-17(21(15-20)13-6-4-2)19-18(22)16-10-8-7-9-11-16/h7-11H,3-6,12-15H2,1-2H3. The number of amidine groups is 1. The third kappa shape index (κ3) is 4.67. The molecule has 0 aromatic heterocycles. The normalized spacial score (nSPS) is 17.4. The lowest BCUT2D eigenvalue weighted by molar-refractivity contribution is 0.100. The predicted octanol–water partition coefficient (Wildman–Crippen LogP) is 3.40. The number of carbonyl (C=O) groups excluding carboxylic acids is 1. The molecule has 4 nitrogen and oxygen atoms in total. The minimum Gasteiger partial charge on any atom is -0.346 e. The van der Waals surface area contributed by atoms with Crippen molar-refractivity contribution in [1.29, 1.82) is 0 Å². The van der Waals surface area contributed by atoms with Gasteiger partial charge in [-0.25, -0.2) is 0 Å². The second-order valence-corrected chi connectivity index (χ2v) is 5.86. The molecular formula is C18H27N3O. The van der Waals surface area contributed by atoms with Gasteiger partial charge < -0.3 is 4.90 Å². The van der Waals surface area contributed by atoms with Crippen LogP contribution >= 0.6 is 0 Å². The van der Waals surface area contributed by atoms with E-state index in [1.807, 2.05) is 30.3 Å². The zero-order valence-corrected chi connectivity index (χ0v) is 13.8. The SMILES string of the molecule is CCCCN1CC(=NC(=O)c2ccccc2)N(CCCC)C1. The summed E-state index contributed by atoms with van der Waals surface area (Å²) in [6.07, 6.45) is 4.69. The van der Waals surface area contributed by atoms with Gasteiger partial charge in [-0.3, -0.25) is 9.69 Å². The average molecular weight is 301 g/mol. The second kappa shape index (κ2) is 8.69. The van der Waals surface area contributed by atoms with E-state index >= 15 is 0 Å². The molecule has 22 heavy (non-hydrogen) atoms. The van der Waals surface area contributed by atoms with Crippen molar-refractivity contribution in [2.45, 2.75) is 39.5 Å². The molecule has 1 aromatic rings. The molecular weight excluding hydrogens is 274 g/mol. The molecule has 1 saturated heterocycles. The van der Waals surface area contributed by atoms with Crippen LogP contribution in [0.1, 0.15) is 49.9 Å². The number of unbranched alkanes of at least 4 members (excludes halogenated alkanes) is 2. The summed E-state index contributed by atoms with van der Waals surface area (Å²) >= 11 is 0. The van der Waals surface area contributed by atoms with Crippen LogP contribution in [0.3, 0.4) is 0 Å². The Bertz CT molecular complexity index is 498. The Kier molecular flexibility index (Phi) is 6.59. The summed E-state index contributed by atoms with van der Waals surface area (Å²) in [6.45, 7) is 8.16. The first-order valence-corrected chi connectivity index (χ1v) is 8.38. The summed E-state index contributed by atoms with van der Waals surface area (Å²) in [7, 11) is 0. The first kappa shape index (κ1) is 16.7. The Labute approximate surface area is 133 Å². The van der Waals surface area contributed by atoms with Gasteiger partial charge in [0.1, 0.15) is 5.84 Å². The van der Waals surface area contributed by atoms with Gasteiger partial charge in [-0.1, -0.05) is 44.9 Å². The summed E-state index contributed by atoms with van der Waals surface area (Å²) in [4.78, 5) is 21.4. The molecule has 4 heteroatoms. The fourth-order valence-corrected chi connectivity index (χ4v) is 2.62. The zero-order valence-electron chi connectivity index (χ0n) is 13.8. The van der Waals surface area contributed by atoms with E-state index in [1.165, 1.54) is 12.8 Å². The van der Waals surface area contributed by atoms with E-state index < -0.39 is 0 Å². The Morgan fingerprint density at radius 2 is 1.77 bits per heavy atom. The number of rotatable bonds is 7. The molecule has 1 fully saturated rings. The minimum atomic E-state index is -0.130. The topological polar surface area (TPSA) is 35.9 Å². The van der Waals surface area contributed by atoms with Gasteiger partial charge in [0, 0.05) is 18.7 Å². The number of hydrogen-bond acceptors (Lipinski definition) is 2. The third-order valence-electron chi connectivity index (χ3n) is 3.96. The first-order chi connectivity index (χ1) is 10.7. The summed E-state index contributed by atoms with van der Waals surface area (Å²) < 4.78 is 0. The Balaban J connectivity index is 2.07. The van der Waals surface area contributed by atoms with Crippen molar-refractivity contribution in [3.8, 4) is 0 Å². The van der Waals surface area contributed by atoms with E-state index in [-0.39, 0.29) is 5.91 Å². The highest BCUT2D eigenvalue weighted by Crippen LogP contribution is 2.12. The summed E-state index contributed by atoms with van der Waals surface area (Å²) in [5.74, 6) is 0.799. The summed E-state index contributed by atoms with van der Waals surface area (Å²) in [5.41, 5.74) is 0.664.